The van der Waals surface area contributed by atoms with Gasteiger partial charge in [-0.2, -0.15) is 11.3 Å². The average Bonchev–Trinajstić information content (AvgIpc) is 3.36. The van der Waals surface area contributed by atoms with Crippen molar-refractivity contribution in [3.63, 3.8) is 0 Å². The lowest BCUT2D eigenvalue weighted by atomic mass is 9.77. The first-order valence-corrected chi connectivity index (χ1v) is 10.7. The van der Waals surface area contributed by atoms with Crippen LogP contribution in [0.3, 0.4) is 0 Å². The summed E-state index contributed by atoms with van der Waals surface area (Å²) in [6.45, 7) is 1.74. The first-order chi connectivity index (χ1) is 14.5. The van der Waals surface area contributed by atoms with Crippen LogP contribution in [0.25, 0.3) is 5.69 Å². The van der Waals surface area contributed by atoms with E-state index in [4.69, 9.17) is 0 Å². The fourth-order valence-corrected chi connectivity index (χ4v) is 4.60. The molecule has 0 spiro atoms. The van der Waals surface area contributed by atoms with Crippen LogP contribution in [-0.4, -0.2) is 26.0 Å². The molecule has 0 radical (unpaired) electrons. The third-order valence-electron chi connectivity index (χ3n) is 5.57. The Bertz CT molecular complexity index is 1150. The maximum Gasteiger partial charge on any atom is 0.306 e. The normalized spacial score (nSPS) is 19.4. The lowest BCUT2D eigenvalue weighted by molar-refractivity contribution is -0.143. The number of benzene rings is 1. The molecule has 156 valence electrons. The highest BCUT2D eigenvalue weighted by Crippen LogP contribution is 2.43. The van der Waals surface area contributed by atoms with Crippen LogP contribution in [0.15, 0.2) is 50.0 Å². The summed E-state index contributed by atoms with van der Waals surface area (Å²) in [5.74, 6) is -1.24. The number of carboxylic acid groups (broad SMARTS) is 1. The zero-order chi connectivity index (χ0) is 21.3. The molecule has 4 rings (SSSR count). The highest BCUT2D eigenvalue weighted by molar-refractivity contribution is 7.08. The highest BCUT2D eigenvalue weighted by Gasteiger charge is 2.29. The molecule has 1 fully saturated rings. The van der Waals surface area contributed by atoms with E-state index >= 15 is 0 Å². The highest BCUT2D eigenvalue weighted by atomic mass is 32.1. The number of aromatic hydroxyl groups is 1. The number of rotatable bonds is 5. The number of aliphatic carboxylic acids is 1. The monoisotopic (exact) mass is 426 g/mol. The summed E-state index contributed by atoms with van der Waals surface area (Å²) < 4.78 is 1.41. The molecule has 0 bridgehead atoms. The second-order valence-corrected chi connectivity index (χ2v) is 8.30. The fraction of sp³-hybridized carbons (Fsp3) is 0.333. The second-order valence-electron chi connectivity index (χ2n) is 7.52. The van der Waals surface area contributed by atoms with Crippen LogP contribution in [0.4, 0.5) is 11.4 Å². The topological polar surface area (TPSA) is 120 Å². The van der Waals surface area contributed by atoms with E-state index in [0.717, 1.165) is 18.5 Å². The van der Waals surface area contributed by atoms with E-state index in [1.165, 1.54) is 16.0 Å². The van der Waals surface area contributed by atoms with Gasteiger partial charge in [-0.25, -0.2) is 4.68 Å². The summed E-state index contributed by atoms with van der Waals surface area (Å²) >= 11 is 1.48. The van der Waals surface area contributed by atoms with E-state index in [1.54, 1.807) is 25.1 Å². The van der Waals surface area contributed by atoms with Crippen molar-refractivity contribution in [2.75, 3.05) is 0 Å². The Morgan fingerprint density at radius 1 is 1.27 bits per heavy atom. The summed E-state index contributed by atoms with van der Waals surface area (Å²) in [7, 11) is 0. The van der Waals surface area contributed by atoms with Gasteiger partial charge in [0.2, 0.25) is 0 Å². The fourth-order valence-electron chi connectivity index (χ4n) is 3.98. The number of nitrogens with one attached hydrogen (secondary N) is 1. The first kappa shape index (κ1) is 20.1. The molecule has 0 saturated heterocycles. The molecule has 2 aromatic heterocycles. The molecule has 2 unspecified atom stereocenters. The molecule has 1 saturated carbocycles. The molecule has 9 heteroatoms. The van der Waals surface area contributed by atoms with Gasteiger partial charge in [-0.15, -0.1) is 10.2 Å². The number of para-hydroxylation sites is 1. The van der Waals surface area contributed by atoms with Gasteiger partial charge in [-0.1, -0.05) is 18.6 Å². The number of aromatic nitrogens is 2. The maximum absolute atomic E-state index is 12.7. The van der Waals surface area contributed by atoms with Crippen molar-refractivity contribution in [2.45, 2.75) is 38.5 Å². The molecule has 3 aromatic rings. The van der Waals surface area contributed by atoms with Gasteiger partial charge in [0.15, 0.2) is 5.69 Å². The molecule has 1 aromatic carbocycles. The van der Waals surface area contributed by atoms with Gasteiger partial charge in [0, 0.05) is 5.38 Å². The molecule has 8 nitrogen and oxygen atoms in total. The van der Waals surface area contributed by atoms with Crippen LogP contribution in [-0.2, 0) is 4.79 Å². The number of carboxylic acids is 1. The Morgan fingerprint density at radius 3 is 2.83 bits per heavy atom. The number of phenols is 1. The number of H-pyrrole nitrogens is 1. The largest absolute Gasteiger partial charge is 0.505 e. The van der Waals surface area contributed by atoms with Gasteiger partial charge in [0.05, 0.1) is 17.3 Å². The summed E-state index contributed by atoms with van der Waals surface area (Å²) in [4.78, 5) is 24.0. The van der Waals surface area contributed by atoms with Gasteiger partial charge in [-0.05, 0) is 55.2 Å². The average molecular weight is 426 g/mol. The number of hydrogen-bond donors (Lipinski definition) is 3. The van der Waals surface area contributed by atoms with Crippen LogP contribution in [0.5, 0.6) is 5.75 Å². The minimum Gasteiger partial charge on any atom is -0.505 e. The molecule has 0 amide bonds. The van der Waals surface area contributed by atoms with Crippen LogP contribution in [0, 0.1) is 12.8 Å². The van der Waals surface area contributed by atoms with Crippen molar-refractivity contribution in [1.29, 1.82) is 0 Å². The predicted molar refractivity (Wildman–Crippen MR) is 114 cm³/mol. The summed E-state index contributed by atoms with van der Waals surface area (Å²) in [5.41, 5.74) is 2.09. The number of phenolic OH excluding ortho intramolecular Hbond substituents is 1. The van der Waals surface area contributed by atoms with Crippen LogP contribution in [0.1, 0.15) is 42.9 Å². The Labute approximate surface area is 176 Å². The number of thiophene rings is 1. The lowest BCUT2D eigenvalue weighted by Gasteiger charge is -2.27. The number of aryl methyl sites for hydroxylation is 1. The van der Waals surface area contributed by atoms with Gasteiger partial charge in [0.1, 0.15) is 11.4 Å². The molecule has 0 aliphatic heterocycles. The Morgan fingerprint density at radius 2 is 2.10 bits per heavy atom. The SMILES string of the molecule is Cc1[nH]n(-c2ccsc2)c(=O)c1N=Nc1cccc(C2CCCC(C(=O)O)C2)c1O. The number of carbonyl (C=O) groups is 1. The van der Waals surface area contributed by atoms with E-state index in [2.05, 4.69) is 15.3 Å². The maximum atomic E-state index is 12.7. The van der Waals surface area contributed by atoms with Gasteiger partial charge in [-0.3, -0.25) is 14.7 Å². The molecule has 1 aliphatic rings. The minimum atomic E-state index is -0.792. The zero-order valence-electron chi connectivity index (χ0n) is 16.4. The van der Waals surface area contributed by atoms with Gasteiger partial charge >= 0.3 is 5.97 Å². The molecular formula is C21H22N4O4S. The number of hydrogen-bond acceptors (Lipinski definition) is 6. The lowest BCUT2D eigenvalue weighted by Crippen LogP contribution is -2.21. The molecule has 2 atom stereocenters. The van der Waals surface area contributed by atoms with Crippen LogP contribution >= 0.6 is 11.3 Å². The molecule has 2 heterocycles. The summed E-state index contributed by atoms with van der Waals surface area (Å²) in [5, 5.41) is 35.0. The molecular weight excluding hydrogens is 404 g/mol. The third-order valence-corrected chi connectivity index (χ3v) is 6.24. The van der Waals surface area contributed by atoms with Gasteiger partial charge in [0.25, 0.3) is 5.56 Å². The van der Waals surface area contributed by atoms with E-state index < -0.39 is 11.9 Å². The Hall–Kier alpha value is -3.20. The minimum absolute atomic E-state index is 0.0105. The van der Waals surface area contributed by atoms with Crippen LogP contribution < -0.4 is 5.56 Å². The van der Waals surface area contributed by atoms with E-state index in [9.17, 15) is 19.8 Å². The smallest absolute Gasteiger partial charge is 0.306 e. The molecule has 1 aliphatic carbocycles. The van der Waals surface area contributed by atoms with Crippen LogP contribution in [0.2, 0.25) is 0 Å². The summed E-state index contributed by atoms with van der Waals surface area (Å²) in [6.07, 6.45) is 2.78. The Balaban J connectivity index is 1.62. The first-order valence-electron chi connectivity index (χ1n) is 9.76. The van der Waals surface area contributed by atoms with E-state index in [-0.39, 0.29) is 28.6 Å². The predicted octanol–water partition coefficient (Wildman–Crippen LogP) is 5.01. The summed E-state index contributed by atoms with van der Waals surface area (Å²) in [6, 6.07) is 7.02. The van der Waals surface area contributed by atoms with Crippen molar-refractivity contribution in [3.05, 3.63) is 56.6 Å². The zero-order valence-corrected chi connectivity index (χ0v) is 17.2. The quantitative estimate of drug-likeness (QED) is 0.496. The van der Waals surface area contributed by atoms with Gasteiger partial charge < -0.3 is 10.2 Å². The second kappa shape index (κ2) is 8.27. The molecule has 3 N–H and O–H groups in total. The van der Waals surface area contributed by atoms with Crippen molar-refractivity contribution < 1.29 is 15.0 Å². The number of nitrogens with zero attached hydrogens (tertiary/aromatic N) is 3. The van der Waals surface area contributed by atoms with Crippen molar-refractivity contribution in [1.82, 2.24) is 9.78 Å². The number of aromatic amines is 1. The standard InChI is InChI=1S/C21H22N4O4S/c1-12-18(20(27)25(24-12)15-8-9-30-11-15)23-22-17-7-3-6-16(19(17)26)13-4-2-5-14(10-13)21(28)29/h3,6-9,11,13-14,24,26H,2,4-5,10H2,1H3,(H,28,29). The molecule has 30 heavy (non-hydrogen) atoms. The third kappa shape index (κ3) is 3.80. The van der Waals surface area contributed by atoms with Crippen molar-refractivity contribution in [2.24, 2.45) is 16.1 Å². The number of azo groups is 1. The Kier molecular flexibility index (Phi) is 5.54. The van der Waals surface area contributed by atoms with E-state index in [1.807, 2.05) is 16.8 Å². The van der Waals surface area contributed by atoms with Crippen molar-refractivity contribution in [3.8, 4) is 11.4 Å². The van der Waals surface area contributed by atoms with Crippen molar-refractivity contribution >= 4 is 28.7 Å². The van der Waals surface area contributed by atoms with E-state index in [0.29, 0.717) is 24.1 Å².